The van der Waals surface area contributed by atoms with Crippen LogP contribution in [0.25, 0.3) is 44.2 Å². The van der Waals surface area contributed by atoms with Gasteiger partial charge in [-0.2, -0.15) is 0 Å². The van der Waals surface area contributed by atoms with Crippen molar-refractivity contribution in [1.29, 1.82) is 0 Å². The molecule has 6 rings (SSSR count). The van der Waals surface area contributed by atoms with Crippen LogP contribution in [0.5, 0.6) is 0 Å². The minimum atomic E-state index is -1.29. The largest absolute Gasteiger partial charge is 0.512 e. The molecule has 56 heavy (non-hydrogen) atoms. The van der Waals surface area contributed by atoms with E-state index >= 15 is 0 Å². The average molecular weight is 941 g/mol. The zero-order valence-corrected chi connectivity index (χ0v) is 38.7. The van der Waals surface area contributed by atoms with Gasteiger partial charge in [-0.1, -0.05) is 129 Å². The molecule has 6 heteroatoms. The minimum absolute atomic E-state index is 0. The van der Waals surface area contributed by atoms with Gasteiger partial charge in [0.25, 0.3) is 0 Å². The Kier molecular flexibility index (Phi) is 17.6. The second-order valence-corrected chi connectivity index (χ2v) is 20.8. The first kappa shape index (κ1) is 46.2. The number of aliphatic hydroxyl groups excluding tert-OH is 1. The van der Waals surface area contributed by atoms with Crippen LogP contribution in [0.2, 0.25) is 19.6 Å². The Morgan fingerprint density at radius 3 is 1.89 bits per heavy atom. The Balaban J connectivity index is 0.000000228. The van der Waals surface area contributed by atoms with Crippen LogP contribution in [0.4, 0.5) is 0 Å². The number of rotatable bonds is 10. The molecular weight excluding hydrogens is 881 g/mol. The first-order valence-corrected chi connectivity index (χ1v) is 23.4. The van der Waals surface area contributed by atoms with Crippen molar-refractivity contribution in [2.24, 2.45) is 11.8 Å². The summed E-state index contributed by atoms with van der Waals surface area (Å²) in [6.45, 7) is 23.6. The molecule has 0 saturated heterocycles. The van der Waals surface area contributed by atoms with Crippen molar-refractivity contribution in [3.8, 4) is 22.5 Å². The third kappa shape index (κ3) is 12.6. The molecule has 0 aliphatic heterocycles. The Labute approximate surface area is 351 Å². The number of carbonyl (C=O) groups is 1. The molecule has 2 heterocycles. The summed E-state index contributed by atoms with van der Waals surface area (Å²) in [7, 11) is -1.29. The van der Waals surface area contributed by atoms with Crippen LogP contribution in [-0.4, -0.2) is 28.9 Å². The Hall–Kier alpha value is -4.22. The number of hydrogen-bond acceptors (Lipinski definition) is 4. The van der Waals surface area contributed by atoms with Gasteiger partial charge in [0.2, 0.25) is 0 Å². The fourth-order valence-corrected chi connectivity index (χ4v) is 8.08. The number of aliphatic hydroxyl groups is 1. The van der Waals surface area contributed by atoms with Gasteiger partial charge in [-0.15, -0.1) is 69.8 Å². The van der Waals surface area contributed by atoms with E-state index in [4.69, 9.17) is 4.98 Å². The monoisotopic (exact) mass is 941 g/mol. The van der Waals surface area contributed by atoms with Gasteiger partial charge in [0.15, 0.2) is 5.78 Å². The SMILES string of the molecule is CCC(CC)C(=O)/C=C(\O)C(CC)CC.Cc1[c-]c(-c2ccc3ccccc3n2)cc(C)c1.Cc1[c-]c(-c2nccc3cc([Si](C)(C)C)ccc23)cc(C)c1.[Ir]. The van der Waals surface area contributed by atoms with Crippen LogP contribution in [0.15, 0.2) is 103 Å². The zero-order valence-electron chi connectivity index (χ0n) is 35.3. The maximum Gasteiger partial charge on any atom is 0.162 e. The number of benzene rings is 4. The summed E-state index contributed by atoms with van der Waals surface area (Å²) in [6, 6.07) is 36.7. The number of allylic oxidation sites excluding steroid dienone is 2. The van der Waals surface area contributed by atoms with E-state index in [1.165, 1.54) is 38.5 Å². The van der Waals surface area contributed by atoms with Crippen LogP contribution < -0.4 is 5.19 Å². The van der Waals surface area contributed by atoms with Crippen molar-refractivity contribution in [1.82, 2.24) is 9.97 Å². The molecule has 2 aromatic heterocycles. The fraction of sp³-hybridized carbons (Fsp3) is 0.340. The summed E-state index contributed by atoms with van der Waals surface area (Å²) in [4.78, 5) is 21.0. The molecule has 6 aromatic rings. The van der Waals surface area contributed by atoms with Crippen LogP contribution in [0.3, 0.4) is 0 Å². The number of aryl methyl sites for hydroxylation is 4. The Morgan fingerprint density at radius 2 is 1.30 bits per heavy atom. The van der Waals surface area contributed by atoms with Gasteiger partial charge in [-0.3, -0.25) is 9.78 Å². The molecule has 0 saturated carbocycles. The number of nitrogens with zero attached hydrogens (tertiary/aromatic N) is 2. The number of para-hydroxylation sites is 1. The van der Waals surface area contributed by atoms with Crippen molar-refractivity contribution < 1.29 is 30.0 Å². The Bertz CT molecular complexity index is 2210. The number of hydrogen-bond donors (Lipinski definition) is 1. The summed E-state index contributed by atoms with van der Waals surface area (Å²) < 4.78 is 0. The predicted octanol–water partition coefficient (Wildman–Crippen LogP) is 13.1. The van der Waals surface area contributed by atoms with Crippen molar-refractivity contribution in [3.63, 3.8) is 0 Å². The molecule has 4 nitrogen and oxygen atoms in total. The van der Waals surface area contributed by atoms with Gasteiger partial charge in [0, 0.05) is 44.2 Å². The molecule has 0 spiro atoms. The molecule has 0 atom stereocenters. The van der Waals surface area contributed by atoms with Crippen molar-refractivity contribution in [3.05, 3.63) is 137 Å². The quantitative estimate of drug-likeness (QED) is 0.0643. The number of ketones is 1. The van der Waals surface area contributed by atoms with Crippen LogP contribution in [-0.2, 0) is 24.9 Å². The van der Waals surface area contributed by atoms with Crippen molar-refractivity contribution in [2.45, 2.75) is 101 Å². The normalized spacial score (nSPS) is 11.5. The fourth-order valence-electron chi connectivity index (χ4n) is 6.91. The second-order valence-electron chi connectivity index (χ2n) is 15.7. The third-order valence-electron chi connectivity index (χ3n) is 10.1. The van der Waals surface area contributed by atoms with E-state index in [0.29, 0.717) is 0 Å². The van der Waals surface area contributed by atoms with Gasteiger partial charge in [-0.05, 0) is 65.4 Å². The van der Waals surface area contributed by atoms with Gasteiger partial charge in [0.05, 0.1) is 19.3 Å². The molecule has 0 bridgehead atoms. The maximum atomic E-state index is 11.7. The zero-order chi connectivity index (χ0) is 40.3. The van der Waals surface area contributed by atoms with Crippen LogP contribution >= 0.6 is 0 Å². The molecular formula is C50H60IrN2O2Si-2. The molecule has 0 fully saturated rings. The van der Waals surface area contributed by atoms with E-state index in [9.17, 15) is 9.90 Å². The van der Waals surface area contributed by atoms with E-state index in [0.717, 1.165) is 64.8 Å². The van der Waals surface area contributed by atoms with Crippen LogP contribution in [0, 0.1) is 51.7 Å². The van der Waals surface area contributed by atoms with Gasteiger partial charge >= 0.3 is 0 Å². The van der Waals surface area contributed by atoms with E-state index in [2.05, 4.69) is 131 Å². The summed E-state index contributed by atoms with van der Waals surface area (Å²) in [5.74, 6) is 0.547. The summed E-state index contributed by atoms with van der Waals surface area (Å²) in [5.41, 5.74) is 10.0. The average Bonchev–Trinajstić information content (AvgIpc) is 3.14. The predicted molar refractivity (Wildman–Crippen MR) is 238 cm³/mol. The second kappa shape index (κ2) is 21.3. The topological polar surface area (TPSA) is 63.1 Å². The molecule has 1 radical (unpaired) electrons. The number of aromatic nitrogens is 2. The standard InChI is InChI=1S/C20H22NSi.C17H14N.C13H24O2.Ir/c1-14-10-15(2)12-17(11-14)20-19-7-6-18(22(3,4)5)13-16(19)8-9-21-20;1-12-9-13(2)11-15(10-12)17-8-7-14-5-3-4-6-16(14)18-17;1-5-10(6-2)12(14)9-13(15)11(7-3)8-4;/h6-11,13H,1-5H3;3-10H,1-2H3;9-11,14H,5-8H2,1-4H3;/q2*-1;;/b;;12-9-;. The Morgan fingerprint density at radius 1 is 0.714 bits per heavy atom. The molecule has 0 aliphatic rings. The van der Waals surface area contributed by atoms with Gasteiger partial charge in [-0.25, -0.2) is 0 Å². The molecule has 4 aromatic carbocycles. The van der Waals surface area contributed by atoms with E-state index in [1.54, 1.807) is 0 Å². The first-order valence-electron chi connectivity index (χ1n) is 19.9. The smallest absolute Gasteiger partial charge is 0.162 e. The van der Waals surface area contributed by atoms with E-state index in [-0.39, 0.29) is 43.5 Å². The molecule has 1 N–H and O–H groups in total. The number of fused-ring (bicyclic) bond motifs is 2. The van der Waals surface area contributed by atoms with Gasteiger partial charge < -0.3 is 10.1 Å². The van der Waals surface area contributed by atoms with E-state index in [1.807, 2.05) is 52.1 Å². The van der Waals surface area contributed by atoms with Crippen molar-refractivity contribution in [2.75, 3.05) is 0 Å². The third-order valence-corrected chi connectivity index (χ3v) is 12.2. The summed E-state index contributed by atoms with van der Waals surface area (Å²) >= 11 is 0. The summed E-state index contributed by atoms with van der Waals surface area (Å²) in [5, 5.41) is 14.9. The summed E-state index contributed by atoms with van der Waals surface area (Å²) in [6.07, 6.45) is 6.82. The number of carbonyl (C=O) groups excluding carboxylic acids is 1. The maximum absolute atomic E-state index is 11.7. The van der Waals surface area contributed by atoms with Crippen LogP contribution in [0.1, 0.15) is 75.6 Å². The minimum Gasteiger partial charge on any atom is -0.512 e. The molecule has 0 unspecified atom stereocenters. The number of pyridine rings is 2. The molecule has 297 valence electrons. The molecule has 0 aliphatic carbocycles. The molecule has 0 amide bonds. The first-order chi connectivity index (χ1) is 26.2. The van der Waals surface area contributed by atoms with Gasteiger partial charge in [0.1, 0.15) is 0 Å². The van der Waals surface area contributed by atoms with Crippen molar-refractivity contribution >= 4 is 40.7 Å². The van der Waals surface area contributed by atoms with E-state index < -0.39 is 8.07 Å².